The summed E-state index contributed by atoms with van der Waals surface area (Å²) in [5.41, 5.74) is 3.92. The van der Waals surface area contributed by atoms with E-state index in [9.17, 15) is 9.59 Å². The highest BCUT2D eigenvalue weighted by atomic mass is 35.5. The molecule has 0 atom stereocenters. The van der Waals surface area contributed by atoms with Crippen molar-refractivity contribution < 1.29 is 14.3 Å². The van der Waals surface area contributed by atoms with Crippen molar-refractivity contribution in [2.75, 3.05) is 20.2 Å². The van der Waals surface area contributed by atoms with Gasteiger partial charge in [-0.3, -0.25) is 9.59 Å². The fourth-order valence-electron chi connectivity index (χ4n) is 3.13. The molecule has 0 aromatic heterocycles. The molecule has 3 rings (SSSR count). The first-order valence-electron chi connectivity index (χ1n) is 9.09. The maximum atomic E-state index is 12.6. The first-order valence-corrected chi connectivity index (χ1v) is 9.47. The van der Waals surface area contributed by atoms with Crippen LogP contribution >= 0.6 is 11.6 Å². The number of benzene rings is 2. The van der Waals surface area contributed by atoms with Gasteiger partial charge in [-0.15, -0.1) is 0 Å². The lowest BCUT2D eigenvalue weighted by Crippen LogP contribution is -2.42. The van der Waals surface area contributed by atoms with Gasteiger partial charge in [-0.1, -0.05) is 35.9 Å². The Labute approximate surface area is 169 Å². The molecule has 2 aromatic carbocycles. The van der Waals surface area contributed by atoms with Gasteiger partial charge in [0.2, 0.25) is 5.91 Å². The lowest BCUT2D eigenvalue weighted by atomic mass is 9.95. The van der Waals surface area contributed by atoms with Crippen molar-refractivity contribution in [2.45, 2.75) is 12.8 Å². The molecule has 6 nitrogen and oxygen atoms in total. The second kappa shape index (κ2) is 9.37. The Morgan fingerprint density at radius 1 is 1.18 bits per heavy atom. The van der Waals surface area contributed by atoms with E-state index >= 15 is 0 Å². The van der Waals surface area contributed by atoms with Crippen LogP contribution < -0.4 is 10.2 Å². The van der Waals surface area contributed by atoms with E-state index in [4.69, 9.17) is 16.3 Å². The summed E-state index contributed by atoms with van der Waals surface area (Å²) in [7, 11) is 1.60. The van der Waals surface area contributed by atoms with Crippen LogP contribution in [-0.4, -0.2) is 43.1 Å². The molecular weight excluding hydrogens is 378 g/mol. The first kappa shape index (κ1) is 19.9. The second-order valence-electron chi connectivity index (χ2n) is 6.56. The Morgan fingerprint density at radius 2 is 1.93 bits per heavy atom. The molecule has 1 heterocycles. The van der Waals surface area contributed by atoms with Gasteiger partial charge in [0.05, 0.1) is 23.9 Å². The van der Waals surface area contributed by atoms with Gasteiger partial charge in [0.25, 0.3) is 5.91 Å². The standard InChI is InChI=1S/C21H22ClN3O3/c1-28-17-6-4-5-15(13-17)14-23-24-20(26)16-9-11-25(12-10-16)21(27)18-7-2-3-8-19(18)22/h2-8,13-14,16H,9-12H2,1H3,(H,24,26)/b23-14-. The molecular formula is C21H22ClN3O3. The van der Waals surface area contributed by atoms with Crippen molar-refractivity contribution >= 4 is 29.6 Å². The highest BCUT2D eigenvalue weighted by molar-refractivity contribution is 6.33. The lowest BCUT2D eigenvalue weighted by Gasteiger charge is -2.31. The monoisotopic (exact) mass is 399 g/mol. The Morgan fingerprint density at radius 3 is 2.64 bits per heavy atom. The van der Waals surface area contributed by atoms with E-state index in [0.29, 0.717) is 36.5 Å². The van der Waals surface area contributed by atoms with Gasteiger partial charge in [0, 0.05) is 19.0 Å². The van der Waals surface area contributed by atoms with Gasteiger partial charge in [0.15, 0.2) is 0 Å². The number of nitrogens with one attached hydrogen (secondary N) is 1. The van der Waals surface area contributed by atoms with E-state index in [1.54, 1.807) is 42.5 Å². The number of halogens is 1. The average Bonchev–Trinajstić information content (AvgIpc) is 2.74. The number of rotatable bonds is 5. The number of likely N-dealkylation sites (tertiary alicyclic amines) is 1. The zero-order valence-electron chi connectivity index (χ0n) is 15.6. The summed E-state index contributed by atoms with van der Waals surface area (Å²) in [5, 5.41) is 4.47. The molecule has 0 radical (unpaired) electrons. The van der Waals surface area contributed by atoms with Gasteiger partial charge in [0.1, 0.15) is 5.75 Å². The van der Waals surface area contributed by atoms with Crippen LogP contribution in [0.3, 0.4) is 0 Å². The molecule has 1 aliphatic heterocycles. The number of carbonyl (C=O) groups is 2. The zero-order valence-corrected chi connectivity index (χ0v) is 16.4. The smallest absolute Gasteiger partial charge is 0.255 e. The summed E-state index contributed by atoms with van der Waals surface area (Å²) in [6, 6.07) is 14.4. The van der Waals surface area contributed by atoms with Crippen molar-refractivity contribution in [1.82, 2.24) is 10.3 Å². The van der Waals surface area contributed by atoms with E-state index in [0.717, 1.165) is 11.3 Å². The van der Waals surface area contributed by atoms with Crippen molar-refractivity contribution in [1.29, 1.82) is 0 Å². The van der Waals surface area contributed by atoms with E-state index < -0.39 is 0 Å². The third kappa shape index (κ3) is 4.89. The second-order valence-corrected chi connectivity index (χ2v) is 6.96. The van der Waals surface area contributed by atoms with Crippen LogP contribution in [0.1, 0.15) is 28.8 Å². The summed E-state index contributed by atoms with van der Waals surface area (Å²) in [4.78, 5) is 26.7. The minimum absolute atomic E-state index is 0.0968. The Balaban J connectivity index is 1.50. The van der Waals surface area contributed by atoms with Crippen LogP contribution in [0.25, 0.3) is 0 Å². The number of piperidine rings is 1. The fraction of sp³-hybridized carbons (Fsp3) is 0.286. The van der Waals surface area contributed by atoms with Gasteiger partial charge in [-0.2, -0.15) is 5.10 Å². The molecule has 0 aliphatic carbocycles. The third-order valence-electron chi connectivity index (χ3n) is 4.74. The van der Waals surface area contributed by atoms with Crippen LogP contribution in [0.4, 0.5) is 0 Å². The highest BCUT2D eigenvalue weighted by Crippen LogP contribution is 2.22. The predicted molar refractivity (Wildman–Crippen MR) is 109 cm³/mol. The van der Waals surface area contributed by atoms with Crippen molar-refractivity contribution in [3.05, 3.63) is 64.7 Å². The van der Waals surface area contributed by atoms with Gasteiger partial charge in [-0.25, -0.2) is 5.43 Å². The van der Waals surface area contributed by atoms with E-state index in [2.05, 4.69) is 10.5 Å². The Hall–Kier alpha value is -2.86. The zero-order chi connectivity index (χ0) is 19.9. The number of hydrogen-bond acceptors (Lipinski definition) is 4. The SMILES string of the molecule is COc1cccc(/C=N\NC(=O)C2CCN(C(=O)c3ccccc3Cl)CC2)c1. The molecule has 2 aromatic rings. The predicted octanol–water partition coefficient (Wildman–Crippen LogP) is 3.35. The number of ether oxygens (including phenoxy) is 1. The molecule has 1 fully saturated rings. The van der Waals surface area contributed by atoms with Crippen LogP contribution in [0.15, 0.2) is 53.6 Å². The summed E-state index contributed by atoms with van der Waals surface area (Å²) < 4.78 is 5.16. The van der Waals surface area contributed by atoms with E-state index in [-0.39, 0.29) is 17.7 Å². The average molecular weight is 400 g/mol. The molecule has 0 saturated carbocycles. The van der Waals surface area contributed by atoms with Crippen molar-refractivity contribution in [3.8, 4) is 5.75 Å². The van der Waals surface area contributed by atoms with E-state index in [1.165, 1.54) is 0 Å². The van der Waals surface area contributed by atoms with Crippen LogP contribution in [0.5, 0.6) is 5.75 Å². The summed E-state index contributed by atoms with van der Waals surface area (Å²) >= 11 is 6.11. The van der Waals surface area contributed by atoms with Crippen molar-refractivity contribution in [3.63, 3.8) is 0 Å². The first-order chi connectivity index (χ1) is 13.6. The number of methoxy groups -OCH3 is 1. The van der Waals surface area contributed by atoms with Gasteiger partial charge >= 0.3 is 0 Å². The largest absolute Gasteiger partial charge is 0.497 e. The lowest BCUT2D eigenvalue weighted by molar-refractivity contribution is -0.126. The number of amides is 2. The molecule has 1 aliphatic rings. The minimum Gasteiger partial charge on any atom is -0.497 e. The number of hydrogen-bond donors (Lipinski definition) is 1. The van der Waals surface area contributed by atoms with Gasteiger partial charge < -0.3 is 9.64 Å². The maximum Gasteiger partial charge on any atom is 0.255 e. The topological polar surface area (TPSA) is 71.0 Å². The van der Waals surface area contributed by atoms with Crippen LogP contribution in [0.2, 0.25) is 5.02 Å². The maximum absolute atomic E-state index is 12.6. The Kier molecular flexibility index (Phi) is 6.66. The fourth-order valence-corrected chi connectivity index (χ4v) is 3.35. The minimum atomic E-state index is -0.169. The van der Waals surface area contributed by atoms with Crippen molar-refractivity contribution in [2.24, 2.45) is 11.0 Å². The van der Waals surface area contributed by atoms with Crippen LogP contribution in [-0.2, 0) is 4.79 Å². The quantitative estimate of drug-likeness (QED) is 0.619. The van der Waals surface area contributed by atoms with Gasteiger partial charge in [-0.05, 0) is 42.7 Å². The van der Waals surface area contributed by atoms with E-state index in [1.807, 2.05) is 24.3 Å². The summed E-state index contributed by atoms with van der Waals surface area (Å²) in [5.74, 6) is 0.327. The Bertz CT molecular complexity index is 877. The molecule has 146 valence electrons. The number of hydrazone groups is 1. The number of carbonyl (C=O) groups excluding carboxylic acids is 2. The molecule has 7 heteroatoms. The summed E-state index contributed by atoms with van der Waals surface area (Å²) in [6.45, 7) is 1.03. The molecule has 1 saturated heterocycles. The van der Waals surface area contributed by atoms with Crippen LogP contribution in [0, 0.1) is 5.92 Å². The molecule has 0 unspecified atom stereocenters. The third-order valence-corrected chi connectivity index (χ3v) is 5.07. The molecule has 0 bridgehead atoms. The normalized spacial score (nSPS) is 14.9. The molecule has 28 heavy (non-hydrogen) atoms. The molecule has 2 amide bonds. The summed E-state index contributed by atoms with van der Waals surface area (Å²) in [6.07, 6.45) is 2.77. The number of nitrogens with zero attached hydrogens (tertiary/aromatic N) is 2. The molecule has 0 spiro atoms. The highest BCUT2D eigenvalue weighted by Gasteiger charge is 2.28. The molecule has 1 N–H and O–H groups in total.